The maximum atomic E-state index is 13.2. The molecule has 0 aliphatic rings. The average Bonchev–Trinajstić information content (AvgIpc) is 3.18. The number of nitrogens with zero attached hydrogens (tertiary/aromatic N) is 3. The van der Waals surface area contributed by atoms with Gasteiger partial charge in [0, 0.05) is 18.3 Å². The number of aromatic nitrogens is 3. The summed E-state index contributed by atoms with van der Waals surface area (Å²) in [6.45, 7) is 0. The summed E-state index contributed by atoms with van der Waals surface area (Å²) in [5.41, 5.74) is 0.810. The Hall–Kier alpha value is -3.59. The van der Waals surface area contributed by atoms with Crippen LogP contribution < -0.4 is 5.32 Å². The summed E-state index contributed by atoms with van der Waals surface area (Å²) in [7, 11) is 1.80. The third kappa shape index (κ3) is 5.25. The van der Waals surface area contributed by atoms with E-state index in [1.165, 1.54) is 23.9 Å². The van der Waals surface area contributed by atoms with Crippen LogP contribution in [0.3, 0.4) is 0 Å². The average molecular weight is 469 g/mol. The second kappa shape index (κ2) is 9.50. The molecule has 0 bridgehead atoms. The molecule has 33 heavy (non-hydrogen) atoms. The van der Waals surface area contributed by atoms with E-state index in [0.29, 0.717) is 16.5 Å². The summed E-state index contributed by atoms with van der Waals surface area (Å²) in [4.78, 5) is 13.2. The highest BCUT2D eigenvalue weighted by Crippen LogP contribution is 2.37. The molecule has 0 unspecified atom stereocenters. The van der Waals surface area contributed by atoms with E-state index < -0.39 is 22.9 Å². The van der Waals surface area contributed by atoms with Gasteiger partial charge in [-0.05, 0) is 23.8 Å². The fourth-order valence-corrected chi connectivity index (χ4v) is 4.25. The summed E-state index contributed by atoms with van der Waals surface area (Å²) >= 11 is 1.18. The Balaban J connectivity index is 1.62. The molecule has 0 spiro atoms. The number of carbonyl (C=O) groups is 1. The smallest absolute Gasteiger partial charge is 0.325 e. The van der Waals surface area contributed by atoms with Crippen molar-refractivity contribution in [3.63, 3.8) is 0 Å². The molecular formula is C24H19F3N4OS. The van der Waals surface area contributed by atoms with Gasteiger partial charge in [-0.1, -0.05) is 78.5 Å². The number of amides is 1. The van der Waals surface area contributed by atoms with Gasteiger partial charge in [-0.25, -0.2) is 0 Å². The molecule has 0 fully saturated rings. The summed E-state index contributed by atoms with van der Waals surface area (Å²) in [6.07, 6.45) is -4.50. The Morgan fingerprint density at radius 3 is 2.27 bits per heavy atom. The number of anilines is 1. The molecular weight excluding hydrogens is 449 g/mol. The number of alkyl halides is 3. The number of carbonyl (C=O) groups excluding carboxylic acids is 1. The maximum Gasteiger partial charge on any atom is 0.416 e. The zero-order valence-corrected chi connectivity index (χ0v) is 18.3. The molecule has 1 N–H and O–H groups in total. The van der Waals surface area contributed by atoms with Gasteiger partial charge in [0.2, 0.25) is 5.91 Å². The third-order valence-electron chi connectivity index (χ3n) is 4.89. The highest BCUT2D eigenvalue weighted by molar-refractivity contribution is 8.00. The van der Waals surface area contributed by atoms with E-state index in [2.05, 4.69) is 15.5 Å². The van der Waals surface area contributed by atoms with Crippen LogP contribution in [0.4, 0.5) is 18.9 Å². The highest BCUT2D eigenvalue weighted by atomic mass is 32.2. The van der Waals surface area contributed by atoms with Crippen molar-refractivity contribution in [2.75, 3.05) is 5.32 Å². The zero-order chi connectivity index (χ0) is 23.4. The summed E-state index contributed by atoms with van der Waals surface area (Å²) in [6, 6.07) is 23.1. The number of rotatable bonds is 6. The summed E-state index contributed by atoms with van der Waals surface area (Å²) in [5, 5.41) is 10.8. The van der Waals surface area contributed by atoms with Crippen LogP contribution in [0.2, 0.25) is 0 Å². The van der Waals surface area contributed by atoms with Crippen molar-refractivity contribution in [1.82, 2.24) is 14.8 Å². The van der Waals surface area contributed by atoms with Crippen LogP contribution in [0.5, 0.6) is 0 Å². The van der Waals surface area contributed by atoms with Crippen molar-refractivity contribution in [3.8, 4) is 11.4 Å². The molecule has 1 atom stereocenters. The van der Waals surface area contributed by atoms with Gasteiger partial charge in [0.15, 0.2) is 11.0 Å². The second-order valence-corrected chi connectivity index (χ2v) is 8.28. The standard InChI is InChI=1S/C24H19F3N4OS/c1-31-21(17-11-6-3-7-12-17)29-30-23(31)33-20(16-9-4-2-5-10-16)22(32)28-19-14-8-13-18(15-19)24(25,26)27/h2-15,20H,1H3,(H,28,32)/t20-/m0/s1. The minimum absolute atomic E-state index is 0.0688. The molecule has 0 saturated heterocycles. The van der Waals surface area contributed by atoms with Crippen LogP contribution >= 0.6 is 11.8 Å². The number of hydrogen-bond acceptors (Lipinski definition) is 4. The van der Waals surface area contributed by atoms with Crippen LogP contribution in [-0.4, -0.2) is 20.7 Å². The quantitative estimate of drug-likeness (QED) is 0.354. The number of nitrogens with one attached hydrogen (secondary N) is 1. The van der Waals surface area contributed by atoms with Crippen molar-refractivity contribution in [2.24, 2.45) is 7.05 Å². The molecule has 1 aromatic heterocycles. The van der Waals surface area contributed by atoms with Gasteiger partial charge in [0.05, 0.1) is 5.56 Å². The SMILES string of the molecule is Cn1c(S[C@H](C(=O)Nc2cccc(C(F)(F)F)c2)c2ccccc2)nnc1-c1ccccc1. The van der Waals surface area contributed by atoms with Crippen molar-refractivity contribution in [2.45, 2.75) is 16.6 Å². The van der Waals surface area contributed by atoms with E-state index >= 15 is 0 Å². The molecule has 0 saturated carbocycles. The zero-order valence-electron chi connectivity index (χ0n) is 17.5. The minimum Gasteiger partial charge on any atom is -0.325 e. The van der Waals surface area contributed by atoms with E-state index in [1.807, 2.05) is 36.4 Å². The lowest BCUT2D eigenvalue weighted by Crippen LogP contribution is -2.20. The lowest BCUT2D eigenvalue weighted by molar-refractivity contribution is -0.137. The first-order valence-corrected chi connectivity index (χ1v) is 10.9. The van der Waals surface area contributed by atoms with Crippen molar-refractivity contribution >= 4 is 23.4 Å². The minimum atomic E-state index is -4.50. The molecule has 3 aromatic carbocycles. The van der Waals surface area contributed by atoms with Crippen LogP contribution in [0.15, 0.2) is 90.1 Å². The first kappa shape index (κ1) is 22.6. The first-order chi connectivity index (χ1) is 15.8. The molecule has 0 aliphatic heterocycles. The Labute approximate surface area is 192 Å². The molecule has 1 amide bonds. The number of halogens is 3. The fraction of sp³-hybridized carbons (Fsp3) is 0.125. The molecule has 4 rings (SSSR count). The van der Waals surface area contributed by atoms with Gasteiger partial charge in [0.1, 0.15) is 5.25 Å². The van der Waals surface area contributed by atoms with Crippen molar-refractivity contribution in [1.29, 1.82) is 0 Å². The molecule has 168 valence electrons. The Kier molecular flexibility index (Phi) is 6.50. The van der Waals surface area contributed by atoms with E-state index in [9.17, 15) is 18.0 Å². The van der Waals surface area contributed by atoms with Gasteiger partial charge >= 0.3 is 6.18 Å². The Morgan fingerprint density at radius 2 is 1.61 bits per heavy atom. The van der Waals surface area contributed by atoms with Gasteiger partial charge in [-0.2, -0.15) is 13.2 Å². The predicted octanol–water partition coefficient (Wildman–Crippen LogP) is 5.97. The normalized spacial score (nSPS) is 12.4. The van der Waals surface area contributed by atoms with Gasteiger partial charge in [-0.3, -0.25) is 4.79 Å². The second-order valence-electron chi connectivity index (χ2n) is 7.21. The topological polar surface area (TPSA) is 59.8 Å². The molecule has 5 nitrogen and oxygen atoms in total. The van der Waals surface area contributed by atoms with Crippen LogP contribution in [0.25, 0.3) is 11.4 Å². The highest BCUT2D eigenvalue weighted by Gasteiger charge is 2.31. The lowest BCUT2D eigenvalue weighted by Gasteiger charge is -2.17. The number of hydrogen-bond donors (Lipinski definition) is 1. The largest absolute Gasteiger partial charge is 0.416 e. The maximum absolute atomic E-state index is 13.2. The predicted molar refractivity (Wildman–Crippen MR) is 122 cm³/mol. The first-order valence-electron chi connectivity index (χ1n) is 9.97. The molecule has 0 aliphatic carbocycles. The van der Waals surface area contributed by atoms with E-state index in [4.69, 9.17) is 0 Å². The van der Waals surface area contributed by atoms with Gasteiger partial charge in [-0.15, -0.1) is 10.2 Å². The van der Waals surface area contributed by atoms with E-state index in [1.54, 1.807) is 35.9 Å². The van der Waals surface area contributed by atoms with Gasteiger partial charge < -0.3 is 9.88 Å². The van der Waals surface area contributed by atoms with Gasteiger partial charge in [0.25, 0.3) is 0 Å². The third-order valence-corrected chi connectivity index (χ3v) is 6.18. The molecule has 4 aromatic rings. The Bertz CT molecular complexity index is 1240. The summed E-state index contributed by atoms with van der Waals surface area (Å²) < 4.78 is 41.0. The van der Waals surface area contributed by atoms with Crippen LogP contribution in [0.1, 0.15) is 16.4 Å². The van der Waals surface area contributed by atoms with Crippen LogP contribution in [0, 0.1) is 0 Å². The molecule has 0 radical (unpaired) electrons. The van der Waals surface area contributed by atoms with Crippen molar-refractivity contribution < 1.29 is 18.0 Å². The van der Waals surface area contributed by atoms with Crippen LogP contribution in [-0.2, 0) is 18.0 Å². The molecule has 9 heteroatoms. The fourth-order valence-electron chi connectivity index (χ4n) is 3.24. The van der Waals surface area contributed by atoms with E-state index in [-0.39, 0.29) is 5.69 Å². The Morgan fingerprint density at radius 1 is 0.939 bits per heavy atom. The summed E-state index contributed by atoms with van der Waals surface area (Å²) in [5.74, 6) is 0.179. The van der Waals surface area contributed by atoms with E-state index in [0.717, 1.165) is 17.7 Å². The monoisotopic (exact) mass is 468 g/mol. The molecule has 1 heterocycles. The number of thioether (sulfide) groups is 1. The lowest BCUT2D eigenvalue weighted by atomic mass is 10.1. The van der Waals surface area contributed by atoms with Crippen molar-refractivity contribution in [3.05, 3.63) is 96.1 Å². The number of benzene rings is 3.